The number of amides is 1. The van der Waals surface area contributed by atoms with Crippen molar-refractivity contribution >= 4 is 28.9 Å². The summed E-state index contributed by atoms with van der Waals surface area (Å²) in [6.07, 6.45) is 4.11. The zero-order chi connectivity index (χ0) is 17.1. The van der Waals surface area contributed by atoms with E-state index in [2.05, 4.69) is 9.89 Å². The monoisotopic (exact) mass is 348 g/mol. The Morgan fingerprint density at radius 2 is 1.71 bits per heavy atom. The zero-order valence-corrected chi connectivity index (χ0v) is 14.8. The van der Waals surface area contributed by atoms with E-state index in [1.807, 2.05) is 18.2 Å². The van der Waals surface area contributed by atoms with Gasteiger partial charge in [0.2, 0.25) is 5.75 Å². The highest BCUT2D eigenvalue weighted by Gasteiger charge is 2.27. The Kier molecular flexibility index (Phi) is 4.99. The van der Waals surface area contributed by atoms with Gasteiger partial charge in [-0.3, -0.25) is 4.79 Å². The number of carbonyl (C=O) groups excluding carboxylic acids is 1. The van der Waals surface area contributed by atoms with Gasteiger partial charge in [-0.25, -0.2) is 0 Å². The van der Waals surface area contributed by atoms with Crippen LogP contribution in [-0.4, -0.2) is 50.4 Å². The first-order valence-electron chi connectivity index (χ1n) is 7.73. The molecule has 0 bridgehead atoms. The third-order valence-corrected chi connectivity index (χ3v) is 5.02. The molecule has 0 unspecified atom stereocenters. The molecule has 1 fully saturated rings. The fraction of sp³-hybridized carbons (Fsp3) is 0.412. The highest BCUT2D eigenvalue weighted by molar-refractivity contribution is 8.18. The van der Waals surface area contributed by atoms with Crippen molar-refractivity contribution in [2.45, 2.75) is 12.8 Å². The van der Waals surface area contributed by atoms with Crippen LogP contribution in [0.1, 0.15) is 18.4 Å². The summed E-state index contributed by atoms with van der Waals surface area (Å²) < 4.78 is 16.0. The molecule has 0 spiro atoms. The molecule has 2 aliphatic rings. The topological polar surface area (TPSA) is 60.4 Å². The number of methoxy groups -OCH3 is 3. The fourth-order valence-corrected chi connectivity index (χ4v) is 3.74. The molecule has 6 nitrogen and oxygen atoms in total. The van der Waals surface area contributed by atoms with Crippen LogP contribution in [0.2, 0.25) is 0 Å². The minimum Gasteiger partial charge on any atom is -0.493 e. The lowest BCUT2D eigenvalue weighted by molar-refractivity contribution is -0.113. The van der Waals surface area contributed by atoms with Crippen molar-refractivity contribution in [3.05, 3.63) is 22.6 Å². The number of ether oxygens (including phenoxy) is 3. The number of rotatable bonds is 4. The van der Waals surface area contributed by atoms with Crippen molar-refractivity contribution in [1.82, 2.24) is 4.90 Å². The summed E-state index contributed by atoms with van der Waals surface area (Å²) in [7, 11) is 4.70. The Morgan fingerprint density at radius 1 is 1.08 bits per heavy atom. The maximum absolute atomic E-state index is 12.2. The van der Waals surface area contributed by atoms with Crippen molar-refractivity contribution < 1.29 is 19.0 Å². The van der Waals surface area contributed by atoms with Crippen LogP contribution in [0, 0.1) is 0 Å². The molecule has 0 aliphatic carbocycles. The van der Waals surface area contributed by atoms with Gasteiger partial charge in [0, 0.05) is 13.1 Å². The summed E-state index contributed by atoms with van der Waals surface area (Å²) >= 11 is 1.42. The second kappa shape index (κ2) is 7.17. The standard InChI is InChI=1S/C17H20N2O4S/c1-21-12-8-11(9-13(22-2)15(12)23-3)10-14-16(20)18-17(24-14)19-6-4-5-7-19/h8-10H,4-7H2,1-3H3. The average Bonchev–Trinajstić information content (AvgIpc) is 3.24. The second-order valence-electron chi connectivity index (χ2n) is 5.46. The van der Waals surface area contributed by atoms with Crippen molar-refractivity contribution in [1.29, 1.82) is 0 Å². The van der Waals surface area contributed by atoms with Crippen LogP contribution >= 0.6 is 11.8 Å². The Morgan fingerprint density at radius 3 is 2.25 bits per heavy atom. The van der Waals surface area contributed by atoms with E-state index in [0.29, 0.717) is 22.2 Å². The minimum absolute atomic E-state index is 0.198. The fourth-order valence-electron chi connectivity index (χ4n) is 2.78. The van der Waals surface area contributed by atoms with Gasteiger partial charge in [-0.15, -0.1) is 0 Å². The quantitative estimate of drug-likeness (QED) is 0.780. The first-order valence-corrected chi connectivity index (χ1v) is 8.55. The van der Waals surface area contributed by atoms with Crippen LogP contribution in [-0.2, 0) is 4.79 Å². The number of amidine groups is 1. The number of carbonyl (C=O) groups is 1. The van der Waals surface area contributed by atoms with E-state index in [1.165, 1.54) is 11.8 Å². The van der Waals surface area contributed by atoms with E-state index >= 15 is 0 Å². The molecule has 0 atom stereocenters. The van der Waals surface area contributed by atoms with Crippen molar-refractivity contribution in [3.63, 3.8) is 0 Å². The van der Waals surface area contributed by atoms with E-state index in [4.69, 9.17) is 14.2 Å². The summed E-state index contributed by atoms with van der Waals surface area (Å²) in [5.41, 5.74) is 0.804. The van der Waals surface area contributed by atoms with Crippen LogP contribution in [0.15, 0.2) is 22.0 Å². The molecule has 2 heterocycles. The summed E-state index contributed by atoms with van der Waals surface area (Å²) in [5, 5.41) is 0.802. The number of nitrogens with zero attached hydrogens (tertiary/aromatic N) is 2. The summed E-state index contributed by atoms with van der Waals surface area (Å²) in [6, 6.07) is 3.63. The lowest BCUT2D eigenvalue weighted by Crippen LogP contribution is -2.23. The average molecular weight is 348 g/mol. The van der Waals surface area contributed by atoms with Crippen LogP contribution in [0.3, 0.4) is 0 Å². The van der Waals surface area contributed by atoms with E-state index in [-0.39, 0.29) is 5.91 Å². The zero-order valence-electron chi connectivity index (χ0n) is 14.0. The van der Waals surface area contributed by atoms with E-state index in [0.717, 1.165) is 36.7 Å². The lowest BCUT2D eigenvalue weighted by atomic mass is 10.1. The SMILES string of the molecule is COc1cc(C=C2SC(N3CCCC3)=NC2=O)cc(OC)c1OC. The molecule has 1 aromatic carbocycles. The maximum Gasteiger partial charge on any atom is 0.286 e. The molecule has 0 radical (unpaired) electrons. The normalized spacial score (nSPS) is 19.0. The van der Waals surface area contributed by atoms with Gasteiger partial charge in [0.05, 0.1) is 26.2 Å². The molecule has 7 heteroatoms. The third kappa shape index (κ3) is 3.21. The van der Waals surface area contributed by atoms with Crippen LogP contribution in [0.25, 0.3) is 6.08 Å². The molecule has 0 aromatic heterocycles. The van der Waals surface area contributed by atoms with Crippen LogP contribution in [0.5, 0.6) is 17.2 Å². The maximum atomic E-state index is 12.2. The van der Waals surface area contributed by atoms with Crippen LogP contribution in [0.4, 0.5) is 0 Å². The summed E-state index contributed by atoms with van der Waals surface area (Å²) in [6.45, 7) is 1.94. The van der Waals surface area contributed by atoms with Gasteiger partial charge in [0.15, 0.2) is 16.7 Å². The van der Waals surface area contributed by atoms with Gasteiger partial charge in [0.25, 0.3) is 5.91 Å². The van der Waals surface area contributed by atoms with Crippen molar-refractivity contribution in [2.75, 3.05) is 34.4 Å². The smallest absolute Gasteiger partial charge is 0.286 e. The first-order chi connectivity index (χ1) is 11.7. The molecule has 2 aliphatic heterocycles. The number of thioether (sulfide) groups is 1. The number of aliphatic imine (C=N–C) groups is 1. The first kappa shape index (κ1) is 16.7. The Labute approximate surface area is 145 Å². The lowest BCUT2D eigenvalue weighted by Gasteiger charge is -2.15. The van der Waals surface area contributed by atoms with Crippen molar-refractivity contribution in [2.24, 2.45) is 4.99 Å². The molecule has 0 N–H and O–H groups in total. The number of benzene rings is 1. The summed E-state index contributed by atoms with van der Waals surface area (Å²) in [4.78, 5) is 19.1. The molecular weight excluding hydrogens is 328 g/mol. The molecule has 128 valence electrons. The number of likely N-dealkylation sites (tertiary alicyclic amines) is 1. The Balaban J connectivity index is 1.87. The predicted octanol–water partition coefficient (Wildman–Crippen LogP) is 2.78. The Hall–Kier alpha value is -2.15. The number of hydrogen-bond acceptors (Lipinski definition) is 6. The molecule has 24 heavy (non-hydrogen) atoms. The highest BCUT2D eigenvalue weighted by atomic mass is 32.2. The molecule has 1 saturated heterocycles. The van der Waals surface area contributed by atoms with E-state index in [1.54, 1.807) is 21.3 Å². The van der Waals surface area contributed by atoms with Gasteiger partial charge in [-0.05, 0) is 48.4 Å². The van der Waals surface area contributed by atoms with Crippen molar-refractivity contribution in [3.8, 4) is 17.2 Å². The third-order valence-electron chi connectivity index (χ3n) is 3.97. The van der Waals surface area contributed by atoms with Gasteiger partial charge < -0.3 is 19.1 Å². The highest BCUT2D eigenvalue weighted by Crippen LogP contribution is 2.40. The minimum atomic E-state index is -0.198. The van der Waals surface area contributed by atoms with Gasteiger partial charge in [-0.1, -0.05) is 0 Å². The van der Waals surface area contributed by atoms with Gasteiger partial charge in [0.1, 0.15) is 0 Å². The predicted molar refractivity (Wildman–Crippen MR) is 94.9 cm³/mol. The second-order valence-corrected chi connectivity index (χ2v) is 6.47. The van der Waals surface area contributed by atoms with E-state index < -0.39 is 0 Å². The molecule has 1 aromatic rings. The molecule has 0 saturated carbocycles. The molecule has 1 amide bonds. The van der Waals surface area contributed by atoms with Gasteiger partial charge in [-0.2, -0.15) is 4.99 Å². The number of hydrogen-bond donors (Lipinski definition) is 0. The van der Waals surface area contributed by atoms with Gasteiger partial charge >= 0.3 is 0 Å². The largest absolute Gasteiger partial charge is 0.493 e. The Bertz CT molecular complexity index is 684. The summed E-state index contributed by atoms with van der Waals surface area (Å²) in [5.74, 6) is 1.44. The van der Waals surface area contributed by atoms with E-state index in [9.17, 15) is 4.79 Å². The molecular formula is C17H20N2O4S. The molecule has 3 rings (SSSR count). The van der Waals surface area contributed by atoms with Crippen LogP contribution < -0.4 is 14.2 Å².